The van der Waals surface area contributed by atoms with E-state index < -0.39 is 29.5 Å². The van der Waals surface area contributed by atoms with E-state index in [1.165, 1.54) is 6.07 Å². The van der Waals surface area contributed by atoms with E-state index in [-0.39, 0.29) is 5.88 Å². The average Bonchev–Trinajstić information content (AvgIpc) is 2.73. The third-order valence-corrected chi connectivity index (χ3v) is 5.34. The first-order valence-corrected chi connectivity index (χ1v) is 9.71. The van der Waals surface area contributed by atoms with E-state index in [0.29, 0.717) is 31.4 Å². The number of piperidine rings is 1. The summed E-state index contributed by atoms with van der Waals surface area (Å²) in [5.41, 5.74) is 0.236. The van der Waals surface area contributed by atoms with Crippen LogP contribution in [0.25, 0.3) is 10.9 Å². The van der Waals surface area contributed by atoms with Crippen LogP contribution in [0.4, 0.5) is 27.6 Å². The monoisotopic (exact) mass is 438 g/mol. The summed E-state index contributed by atoms with van der Waals surface area (Å²) in [6, 6.07) is 13.3. The Labute approximate surface area is 174 Å². The predicted molar refractivity (Wildman–Crippen MR) is 106 cm³/mol. The first-order chi connectivity index (χ1) is 14.7. The third kappa shape index (κ3) is 4.08. The number of hydrogen-bond donors (Lipinski definition) is 1. The summed E-state index contributed by atoms with van der Waals surface area (Å²) in [5.74, 6) is -5.58. The van der Waals surface area contributed by atoms with Gasteiger partial charge < -0.3 is 14.7 Å². The molecule has 0 amide bonds. The van der Waals surface area contributed by atoms with Crippen LogP contribution in [0.1, 0.15) is 18.4 Å². The number of hydrogen-bond acceptors (Lipinski definition) is 4. The van der Waals surface area contributed by atoms with E-state index in [1.54, 1.807) is 12.1 Å². The molecule has 0 radical (unpaired) electrons. The second-order valence-electron chi connectivity index (χ2n) is 7.39. The van der Waals surface area contributed by atoms with E-state index >= 15 is 0 Å². The number of pyridine rings is 1. The molecule has 0 spiro atoms. The molecule has 0 unspecified atom stereocenters. The van der Waals surface area contributed by atoms with Gasteiger partial charge in [0.25, 0.3) is 0 Å². The molecule has 1 aliphatic heterocycles. The molecule has 1 saturated heterocycles. The van der Waals surface area contributed by atoms with Crippen molar-refractivity contribution in [1.82, 2.24) is 4.98 Å². The van der Waals surface area contributed by atoms with Crippen molar-refractivity contribution >= 4 is 16.6 Å². The van der Waals surface area contributed by atoms with Gasteiger partial charge in [0.15, 0.2) is 0 Å². The predicted octanol–water partition coefficient (Wildman–Crippen LogP) is 5.64. The Kier molecular flexibility index (Phi) is 5.36. The highest BCUT2D eigenvalue weighted by Gasteiger charge is 2.60. The summed E-state index contributed by atoms with van der Waals surface area (Å²) in [5, 5.41) is 10.8. The maximum atomic E-state index is 13.9. The topological polar surface area (TPSA) is 45.6 Å². The number of benzene rings is 2. The second-order valence-corrected chi connectivity index (χ2v) is 7.39. The summed E-state index contributed by atoms with van der Waals surface area (Å²) in [7, 11) is 0. The van der Waals surface area contributed by atoms with Crippen LogP contribution >= 0.6 is 0 Å². The zero-order chi connectivity index (χ0) is 22.2. The minimum absolute atomic E-state index is 0.115. The van der Waals surface area contributed by atoms with E-state index in [0.717, 1.165) is 29.3 Å². The Morgan fingerprint density at radius 2 is 1.58 bits per heavy atom. The van der Waals surface area contributed by atoms with Gasteiger partial charge in [0, 0.05) is 37.4 Å². The van der Waals surface area contributed by atoms with Gasteiger partial charge in [-0.05, 0) is 18.2 Å². The Morgan fingerprint density at radius 3 is 2.29 bits per heavy atom. The largest absolute Gasteiger partial charge is 0.493 e. The molecule has 4 rings (SSSR count). The zero-order valence-corrected chi connectivity index (χ0v) is 16.2. The lowest BCUT2D eigenvalue weighted by molar-refractivity contribution is -0.289. The number of aromatic hydroxyl groups is 1. The standard InChI is InChI=1S/C22H19F5N2O2/c23-21(24,22(25,26)27)16-6-2-4-8-19(16)31-14-9-11-29(12-10-14)18-13-20(30)28-17-7-3-1-5-15(17)18/h1-8,13-14H,9-12H2,(H,28,30). The first-order valence-electron chi connectivity index (χ1n) is 9.71. The number of rotatable bonds is 4. The van der Waals surface area contributed by atoms with Crippen molar-refractivity contribution in [2.75, 3.05) is 18.0 Å². The number of anilines is 1. The third-order valence-electron chi connectivity index (χ3n) is 5.34. The molecule has 4 nitrogen and oxygen atoms in total. The van der Waals surface area contributed by atoms with Crippen LogP contribution in [0.5, 0.6) is 11.6 Å². The van der Waals surface area contributed by atoms with E-state index in [4.69, 9.17) is 4.74 Å². The SMILES string of the molecule is Oc1cc(N2CCC(Oc3ccccc3C(F)(F)C(F)(F)F)CC2)c2ccccc2n1. The van der Waals surface area contributed by atoms with Crippen LogP contribution in [0.15, 0.2) is 54.6 Å². The Morgan fingerprint density at radius 1 is 0.935 bits per heavy atom. The molecule has 1 aliphatic rings. The Hall–Kier alpha value is -3.10. The highest BCUT2D eigenvalue weighted by atomic mass is 19.4. The van der Waals surface area contributed by atoms with Gasteiger partial charge in [-0.15, -0.1) is 0 Å². The van der Waals surface area contributed by atoms with E-state index in [2.05, 4.69) is 4.98 Å². The number of aromatic nitrogens is 1. The molecule has 2 aromatic carbocycles. The fourth-order valence-corrected chi connectivity index (χ4v) is 3.78. The number of ether oxygens (including phenoxy) is 1. The van der Waals surface area contributed by atoms with Crippen LogP contribution < -0.4 is 9.64 Å². The highest BCUT2D eigenvalue weighted by molar-refractivity contribution is 5.92. The zero-order valence-electron chi connectivity index (χ0n) is 16.2. The minimum Gasteiger partial charge on any atom is -0.493 e. The molecule has 1 aromatic heterocycles. The van der Waals surface area contributed by atoms with Crippen molar-refractivity contribution in [3.05, 3.63) is 60.2 Å². The molecule has 0 aliphatic carbocycles. The fraction of sp³-hybridized carbons (Fsp3) is 0.318. The molecule has 164 valence electrons. The number of alkyl halides is 5. The van der Waals surface area contributed by atoms with Crippen LogP contribution in [0.3, 0.4) is 0 Å². The maximum Gasteiger partial charge on any atom is 0.458 e. The van der Waals surface area contributed by atoms with Crippen LogP contribution in [0.2, 0.25) is 0 Å². The highest BCUT2D eigenvalue weighted by Crippen LogP contribution is 2.47. The Balaban J connectivity index is 1.51. The van der Waals surface area contributed by atoms with Gasteiger partial charge in [-0.3, -0.25) is 0 Å². The lowest BCUT2D eigenvalue weighted by Crippen LogP contribution is -2.39. The lowest BCUT2D eigenvalue weighted by atomic mass is 10.0. The molecule has 0 bridgehead atoms. The molecule has 9 heteroatoms. The van der Waals surface area contributed by atoms with Gasteiger partial charge in [0.05, 0.1) is 16.8 Å². The van der Waals surface area contributed by atoms with Crippen LogP contribution in [0, 0.1) is 0 Å². The van der Waals surface area contributed by atoms with Crippen molar-refractivity contribution in [3.8, 4) is 11.6 Å². The molecule has 3 aromatic rings. The first kappa shape index (κ1) is 21.1. The lowest BCUT2D eigenvalue weighted by Gasteiger charge is -2.35. The summed E-state index contributed by atoms with van der Waals surface area (Å²) in [4.78, 5) is 6.11. The molecule has 31 heavy (non-hydrogen) atoms. The normalized spacial score (nSPS) is 16.0. The quantitative estimate of drug-likeness (QED) is 0.536. The van der Waals surface area contributed by atoms with Crippen LogP contribution in [-0.4, -0.2) is 35.5 Å². The molecular formula is C22H19F5N2O2. The summed E-state index contributed by atoms with van der Waals surface area (Å²) >= 11 is 0. The second kappa shape index (κ2) is 7.86. The van der Waals surface area contributed by atoms with E-state index in [9.17, 15) is 27.1 Å². The van der Waals surface area contributed by atoms with Gasteiger partial charge in [-0.25, -0.2) is 4.98 Å². The minimum atomic E-state index is -5.71. The summed E-state index contributed by atoms with van der Waals surface area (Å²) in [6.07, 6.45) is -5.38. The van der Waals surface area contributed by atoms with Crippen LogP contribution in [-0.2, 0) is 5.92 Å². The van der Waals surface area contributed by atoms with Gasteiger partial charge in [-0.2, -0.15) is 22.0 Å². The van der Waals surface area contributed by atoms with Gasteiger partial charge in [0.2, 0.25) is 5.88 Å². The Bertz CT molecular complexity index is 1080. The maximum absolute atomic E-state index is 13.9. The molecule has 1 N–H and O–H groups in total. The average molecular weight is 438 g/mol. The van der Waals surface area contributed by atoms with Crippen molar-refractivity contribution in [3.63, 3.8) is 0 Å². The summed E-state index contributed by atoms with van der Waals surface area (Å²) in [6.45, 7) is 0.964. The van der Waals surface area contributed by atoms with Crippen molar-refractivity contribution in [2.45, 2.75) is 31.0 Å². The summed E-state index contributed by atoms with van der Waals surface area (Å²) < 4.78 is 71.9. The smallest absolute Gasteiger partial charge is 0.458 e. The van der Waals surface area contributed by atoms with Crippen molar-refractivity contribution < 1.29 is 31.8 Å². The number of para-hydroxylation sites is 2. The number of nitrogens with zero attached hydrogens (tertiary/aromatic N) is 2. The fourth-order valence-electron chi connectivity index (χ4n) is 3.78. The van der Waals surface area contributed by atoms with Crippen molar-refractivity contribution in [2.24, 2.45) is 0 Å². The van der Waals surface area contributed by atoms with E-state index in [1.807, 2.05) is 23.1 Å². The molecular weight excluding hydrogens is 419 g/mol. The van der Waals surface area contributed by atoms with Gasteiger partial charge in [0.1, 0.15) is 11.9 Å². The number of fused-ring (bicyclic) bond motifs is 1. The van der Waals surface area contributed by atoms with Crippen molar-refractivity contribution in [1.29, 1.82) is 0 Å². The molecule has 0 atom stereocenters. The number of halogens is 5. The van der Waals surface area contributed by atoms with Gasteiger partial charge in [-0.1, -0.05) is 30.3 Å². The molecule has 1 fully saturated rings. The van der Waals surface area contributed by atoms with Gasteiger partial charge >= 0.3 is 12.1 Å². The molecule has 0 saturated carbocycles. The molecule has 2 heterocycles.